The van der Waals surface area contributed by atoms with E-state index < -0.39 is 14.8 Å². The first-order valence-electron chi connectivity index (χ1n) is 7.45. The molecule has 0 spiro atoms. The zero-order valence-corrected chi connectivity index (χ0v) is 13.8. The van der Waals surface area contributed by atoms with Gasteiger partial charge in [-0.25, -0.2) is 13.1 Å². The molecule has 1 aromatic rings. The van der Waals surface area contributed by atoms with E-state index in [1.165, 1.54) is 5.56 Å². The van der Waals surface area contributed by atoms with E-state index in [1.54, 1.807) is 20.8 Å². The molecule has 1 saturated heterocycles. The molecule has 0 amide bonds. The molecule has 1 aliphatic rings. The first-order chi connectivity index (χ1) is 9.78. The maximum absolute atomic E-state index is 12.3. The largest absolute Gasteiger partial charge is 0.373 e. The van der Waals surface area contributed by atoms with Gasteiger partial charge >= 0.3 is 0 Å². The third-order valence-corrected chi connectivity index (χ3v) is 5.96. The van der Waals surface area contributed by atoms with E-state index in [-0.39, 0.29) is 12.1 Å². The number of benzene rings is 1. The maximum Gasteiger partial charge on any atom is 0.216 e. The summed E-state index contributed by atoms with van der Waals surface area (Å²) in [5.41, 5.74) is 1.23. The first-order valence-corrected chi connectivity index (χ1v) is 8.94. The van der Waals surface area contributed by atoms with Gasteiger partial charge in [-0.1, -0.05) is 30.3 Å². The van der Waals surface area contributed by atoms with Crippen molar-refractivity contribution < 1.29 is 13.2 Å². The highest BCUT2D eigenvalue weighted by Crippen LogP contribution is 2.21. The quantitative estimate of drug-likeness (QED) is 0.787. The fourth-order valence-corrected chi connectivity index (χ4v) is 3.13. The average molecular weight is 311 g/mol. The zero-order chi connectivity index (χ0) is 15.5. The Kier molecular flexibility index (Phi) is 5.07. The summed E-state index contributed by atoms with van der Waals surface area (Å²) in [6.45, 7) is 5.91. The predicted octanol–water partition coefficient (Wildman–Crippen LogP) is 2.49. The summed E-state index contributed by atoms with van der Waals surface area (Å²) in [4.78, 5) is 0. The van der Waals surface area contributed by atoms with Crippen LogP contribution in [0.3, 0.4) is 0 Å². The second kappa shape index (κ2) is 6.46. The number of aryl methyl sites for hydroxylation is 1. The molecule has 0 aromatic heterocycles. The van der Waals surface area contributed by atoms with Gasteiger partial charge in [-0.3, -0.25) is 0 Å². The molecule has 118 valence electrons. The van der Waals surface area contributed by atoms with Gasteiger partial charge in [-0.05, 0) is 45.6 Å². The minimum absolute atomic E-state index is 0.0677. The van der Waals surface area contributed by atoms with Crippen LogP contribution in [0.25, 0.3) is 0 Å². The second-order valence-corrected chi connectivity index (χ2v) is 9.11. The van der Waals surface area contributed by atoms with E-state index in [9.17, 15) is 8.42 Å². The molecule has 1 fully saturated rings. The van der Waals surface area contributed by atoms with E-state index in [4.69, 9.17) is 4.74 Å². The van der Waals surface area contributed by atoms with Crippen LogP contribution in [0.5, 0.6) is 0 Å². The number of rotatable bonds is 7. The minimum Gasteiger partial charge on any atom is -0.373 e. The molecule has 1 heterocycles. The topological polar surface area (TPSA) is 58.7 Å². The Morgan fingerprint density at radius 3 is 2.43 bits per heavy atom. The molecule has 5 heteroatoms. The summed E-state index contributed by atoms with van der Waals surface area (Å²) >= 11 is 0. The van der Waals surface area contributed by atoms with Gasteiger partial charge in [0.15, 0.2) is 0 Å². The highest BCUT2D eigenvalue weighted by atomic mass is 32.2. The molecule has 21 heavy (non-hydrogen) atoms. The fourth-order valence-electron chi connectivity index (χ4n) is 2.13. The molecule has 0 aliphatic carbocycles. The smallest absolute Gasteiger partial charge is 0.216 e. The van der Waals surface area contributed by atoms with Crippen molar-refractivity contribution in [2.24, 2.45) is 0 Å². The lowest BCUT2D eigenvalue weighted by molar-refractivity contribution is 0.365. The maximum atomic E-state index is 12.3. The van der Waals surface area contributed by atoms with Crippen LogP contribution < -0.4 is 4.72 Å². The van der Waals surface area contributed by atoms with Crippen molar-refractivity contribution in [3.05, 3.63) is 35.9 Å². The Labute approximate surface area is 127 Å². The Morgan fingerprint density at radius 1 is 1.29 bits per heavy atom. The normalized spacial score (nSPS) is 20.2. The molecule has 1 aliphatic heterocycles. The number of epoxide rings is 1. The Bertz CT molecular complexity index is 545. The number of ether oxygens (including phenoxy) is 1. The van der Waals surface area contributed by atoms with Gasteiger partial charge in [-0.2, -0.15) is 0 Å². The summed E-state index contributed by atoms with van der Waals surface area (Å²) in [5.74, 6) is 0. The van der Waals surface area contributed by atoms with Crippen molar-refractivity contribution in [1.82, 2.24) is 4.72 Å². The van der Waals surface area contributed by atoms with E-state index >= 15 is 0 Å². The molecule has 4 nitrogen and oxygen atoms in total. The summed E-state index contributed by atoms with van der Waals surface area (Å²) in [6.07, 6.45) is 2.63. The summed E-state index contributed by atoms with van der Waals surface area (Å²) in [6, 6.07) is 10.1. The van der Waals surface area contributed by atoms with E-state index in [0.29, 0.717) is 0 Å². The van der Waals surface area contributed by atoms with E-state index in [0.717, 1.165) is 25.9 Å². The standard InChI is InChI=1S/C16H25NO3S/c1-16(2,3)21(18,19)17-14(11-15-12-20-15)10-9-13-7-5-4-6-8-13/h4-8,14-15,17H,9-12H2,1-3H3/t14-,15+/m1/s1. The van der Waals surface area contributed by atoms with Crippen molar-refractivity contribution in [2.75, 3.05) is 6.61 Å². The molecule has 2 rings (SSSR count). The van der Waals surface area contributed by atoms with Crippen LogP contribution in [0.2, 0.25) is 0 Å². The molecule has 1 N–H and O–H groups in total. The molecule has 0 radical (unpaired) electrons. The Hall–Kier alpha value is -0.910. The summed E-state index contributed by atoms with van der Waals surface area (Å²) in [5, 5.41) is 0. The van der Waals surface area contributed by atoms with Gasteiger partial charge in [0.05, 0.1) is 17.5 Å². The monoisotopic (exact) mass is 311 g/mol. The van der Waals surface area contributed by atoms with Crippen molar-refractivity contribution in [1.29, 1.82) is 0 Å². The molecule has 1 aromatic carbocycles. The van der Waals surface area contributed by atoms with Crippen molar-refractivity contribution >= 4 is 10.0 Å². The van der Waals surface area contributed by atoms with Gasteiger partial charge in [0.25, 0.3) is 0 Å². The number of sulfonamides is 1. The SMILES string of the molecule is CC(C)(C)S(=O)(=O)N[C@H](CCc1ccccc1)C[C@H]1CO1. The summed E-state index contributed by atoms with van der Waals surface area (Å²) in [7, 11) is -3.32. The average Bonchev–Trinajstić information content (AvgIpc) is 3.19. The van der Waals surface area contributed by atoms with Gasteiger partial charge in [0, 0.05) is 6.04 Å². The van der Waals surface area contributed by atoms with Gasteiger partial charge < -0.3 is 4.74 Å². The Morgan fingerprint density at radius 2 is 1.90 bits per heavy atom. The molecule has 2 atom stereocenters. The van der Waals surface area contributed by atoms with Crippen LogP contribution in [-0.4, -0.2) is 31.9 Å². The third-order valence-electron chi connectivity index (χ3n) is 3.70. The van der Waals surface area contributed by atoms with Crippen LogP contribution in [0, 0.1) is 0 Å². The second-order valence-electron chi connectivity index (χ2n) is 6.65. The van der Waals surface area contributed by atoms with E-state index in [1.807, 2.05) is 18.2 Å². The van der Waals surface area contributed by atoms with Crippen LogP contribution in [0.1, 0.15) is 39.2 Å². The lowest BCUT2D eigenvalue weighted by Gasteiger charge is -2.25. The number of hydrogen-bond donors (Lipinski definition) is 1. The van der Waals surface area contributed by atoms with Gasteiger partial charge in [0.2, 0.25) is 10.0 Å². The van der Waals surface area contributed by atoms with Gasteiger partial charge in [0.1, 0.15) is 0 Å². The van der Waals surface area contributed by atoms with Gasteiger partial charge in [-0.15, -0.1) is 0 Å². The third kappa shape index (κ3) is 5.09. The van der Waals surface area contributed by atoms with Crippen molar-refractivity contribution in [2.45, 2.75) is 56.9 Å². The lowest BCUT2D eigenvalue weighted by Crippen LogP contribution is -2.45. The lowest BCUT2D eigenvalue weighted by atomic mass is 10.0. The highest BCUT2D eigenvalue weighted by Gasteiger charge is 2.34. The number of hydrogen-bond acceptors (Lipinski definition) is 3. The van der Waals surface area contributed by atoms with Crippen molar-refractivity contribution in [3.63, 3.8) is 0 Å². The van der Waals surface area contributed by atoms with Crippen LogP contribution >= 0.6 is 0 Å². The predicted molar refractivity (Wildman–Crippen MR) is 84.7 cm³/mol. The van der Waals surface area contributed by atoms with Crippen LogP contribution in [-0.2, 0) is 21.2 Å². The van der Waals surface area contributed by atoms with Crippen LogP contribution in [0.15, 0.2) is 30.3 Å². The molecular weight excluding hydrogens is 286 g/mol. The molecule has 0 unspecified atom stereocenters. The number of nitrogens with one attached hydrogen (secondary N) is 1. The Balaban J connectivity index is 1.97. The molecule has 0 saturated carbocycles. The first kappa shape index (κ1) is 16.5. The van der Waals surface area contributed by atoms with E-state index in [2.05, 4.69) is 16.9 Å². The zero-order valence-electron chi connectivity index (χ0n) is 13.0. The highest BCUT2D eigenvalue weighted by molar-refractivity contribution is 7.90. The molecule has 0 bridgehead atoms. The fraction of sp³-hybridized carbons (Fsp3) is 0.625. The minimum atomic E-state index is -3.32. The molecular formula is C16H25NO3S. The summed E-state index contributed by atoms with van der Waals surface area (Å²) < 4.78 is 32.0. The van der Waals surface area contributed by atoms with Crippen molar-refractivity contribution in [3.8, 4) is 0 Å². The van der Waals surface area contributed by atoms with Crippen LogP contribution in [0.4, 0.5) is 0 Å².